The molecule has 0 aliphatic heterocycles. The summed E-state index contributed by atoms with van der Waals surface area (Å²) in [6, 6.07) is 0. The van der Waals surface area contributed by atoms with E-state index in [2.05, 4.69) is 15.3 Å². The van der Waals surface area contributed by atoms with Crippen molar-refractivity contribution in [1.29, 1.82) is 0 Å². The number of rotatable bonds is 7. The lowest BCUT2D eigenvalue weighted by Gasteiger charge is -2.04. The van der Waals surface area contributed by atoms with Gasteiger partial charge < -0.3 is 11.1 Å². The molecule has 2 aromatic heterocycles. The monoisotopic (exact) mass is 310 g/mol. The number of nitrogens with two attached hydrogens (primary N) is 1. The number of anilines is 1. The summed E-state index contributed by atoms with van der Waals surface area (Å²) in [7, 11) is 0. The Hall–Kier alpha value is -1.47. The molecule has 0 spiro atoms. The highest BCUT2D eigenvalue weighted by Crippen LogP contribution is 2.14. The highest BCUT2D eigenvalue weighted by Gasteiger charge is 2.06. The van der Waals surface area contributed by atoms with Gasteiger partial charge in [0.2, 0.25) is 5.91 Å². The summed E-state index contributed by atoms with van der Waals surface area (Å²) in [5.41, 5.74) is 9.42. The fourth-order valence-corrected chi connectivity index (χ4v) is 3.19. The van der Waals surface area contributed by atoms with E-state index in [1.807, 2.05) is 17.8 Å². The first kappa shape index (κ1) is 14.9. The van der Waals surface area contributed by atoms with E-state index >= 15 is 0 Å². The van der Waals surface area contributed by atoms with Gasteiger partial charge >= 0.3 is 0 Å². The average molecular weight is 310 g/mol. The molecule has 1 amide bonds. The van der Waals surface area contributed by atoms with E-state index < -0.39 is 0 Å². The lowest BCUT2D eigenvalue weighted by molar-refractivity contribution is -0.121. The van der Waals surface area contributed by atoms with Gasteiger partial charge in [0.1, 0.15) is 0 Å². The van der Waals surface area contributed by atoms with Gasteiger partial charge in [-0.05, 0) is 26.2 Å². The summed E-state index contributed by atoms with van der Waals surface area (Å²) >= 11 is 3.06. The summed E-state index contributed by atoms with van der Waals surface area (Å²) in [5, 5.41) is 5.49. The maximum atomic E-state index is 11.7. The highest BCUT2D eigenvalue weighted by atomic mass is 32.1. The van der Waals surface area contributed by atoms with Gasteiger partial charge in [-0.25, -0.2) is 9.97 Å². The van der Waals surface area contributed by atoms with Crippen LogP contribution in [-0.4, -0.2) is 22.4 Å². The van der Waals surface area contributed by atoms with Crippen LogP contribution in [-0.2, 0) is 17.6 Å². The van der Waals surface area contributed by atoms with Gasteiger partial charge in [-0.15, -0.1) is 22.7 Å². The van der Waals surface area contributed by atoms with Gasteiger partial charge in [0, 0.05) is 23.2 Å². The van der Waals surface area contributed by atoms with Crippen molar-refractivity contribution in [2.45, 2.75) is 32.6 Å². The fraction of sp³-hybridized carbons (Fsp3) is 0.462. The molecule has 0 aromatic carbocycles. The van der Waals surface area contributed by atoms with E-state index in [-0.39, 0.29) is 5.91 Å². The number of amides is 1. The third-order valence-electron chi connectivity index (χ3n) is 2.93. The molecule has 5 nitrogen and oxygen atoms in total. The van der Waals surface area contributed by atoms with Crippen molar-refractivity contribution in [3.05, 3.63) is 27.2 Å². The summed E-state index contributed by atoms with van der Waals surface area (Å²) in [6.45, 7) is 2.65. The summed E-state index contributed by atoms with van der Waals surface area (Å²) in [5.74, 6) is 0.0931. The lowest BCUT2D eigenvalue weighted by Crippen LogP contribution is -2.25. The van der Waals surface area contributed by atoms with Gasteiger partial charge in [-0.2, -0.15) is 0 Å². The van der Waals surface area contributed by atoms with Crippen molar-refractivity contribution in [2.24, 2.45) is 0 Å². The standard InChI is InChI=1S/C13H18N4OS2/c1-9-11(20-8-16-9)4-5-12(18)15-6-2-3-10-7-19-13(14)17-10/h7-8H,2-6H2,1H3,(H2,14,17)(H,15,18). The number of carbonyl (C=O) groups is 1. The van der Waals surface area contributed by atoms with Crippen molar-refractivity contribution in [3.8, 4) is 0 Å². The minimum atomic E-state index is 0.0931. The van der Waals surface area contributed by atoms with Crippen LogP contribution in [0.5, 0.6) is 0 Å². The van der Waals surface area contributed by atoms with Crippen molar-refractivity contribution < 1.29 is 4.79 Å². The first-order valence-electron chi connectivity index (χ1n) is 6.50. The molecule has 2 heterocycles. The van der Waals surface area contributed by atoms with Crippen LogP contribution in [0.15, 0.2) is 10.9 Å². The largest absolute Gasteiger partial charge is 0.375 e. The maximum Gasteiger partial charge on any atom is 0.220 e. The molecule has 0 atom stereocenters. The molecule has 0 unspecified atom stereocenters. The SMILES string of the molecule is Cc1ncsc1CCC(=O)NCCCc1csc(N)n1. The average Bonchev–Trinajstić information content (AvgIpc) is 3.01. The van der Waals surface area contributed by atoms with Gasteiger partial charge in [0.25, 0.3) is 0 Å². The van der Waals surface area contributed by atoms with Crippen molar-refractivity contribution >= 4 is 33.7 Å². The Labute approximate surface area is 126 Å². The van der Waals surface area contributed by atoms with Crippen LogP contribution >= 0.6 is 22.7 Å². The number of hydrogen-bond donors (Lipinski definition) is 2. The van der Waals surface area contributed by atoms with Crippen LogP contribution in [0.3, 0.4) is 0 Å². The zero-order valence-electron chi connectivity index (χ0n) is 11.4. The normalized spacial score (nSPS) is 10.7. The zero-order chi connectivity index (χ0) is 14.4. The molecule has 2 rings (SSSR count). The Balaban J connectivity index is 1.59. The van der Waals surface area contributed by atoms with Crippen molar-refractivity contribution in [3.63, 3.8) is 0 Å². The molecule has 0 aliphatic carbocycles. The molecule has 0 fully saturated rings. The smallest absolute Gasteiger partial charge is 0.220 e. The van der Waals surface area contributed by atoms with E-state index in [1.165, 1.54) is 16.2 Å². The predicted octanol–water partition coefficient (Wildman–Crippen LogP) is 2.17. The predicted molar refractivity (Wildman–Crippen MR) is 83.0 cm³/mol. The molecule has 2 aromatic rings. The zero-order valence-corrected chi connectivity index (χ0v) is 13.0. The Morgan fingerprint density at radius 3 is 2.90 bits per heavy atom. The van der Waals surface area contributed by atoms with Crippen molar-refractivity contribution in [1.82, 2.24) is 15.3 Å². The van der Waals surface area contributed by atoms with Crippen LogP contribution in [0.4, 0.5) is 5.13 Å². The number of carbonyl (C=O) groups excluding carboxylic acids is 1. The molecule has 0 radical (unpaired) electrons. The van der Waals surface area contributed by atoms with Gasteiger partial charge in [-0.1, -0.05) is 0 Å². The van der Waals surface area contributed by atoms with E-state index in [4.69, 9.17) is 5.73 Å². The first-order chi connectivity index (χ1) is 9.65. The van der Waals surface area contributed by atoms with Crippen LogP contribution < -0.4 is 11.1 Å². The summed E-state index contributed by atoms with van der Waals surface area (Å²) < 4.78 is 0. The maximum absolute atomic E-state index is 11.7. The Bertz CT molecular complexity index is 564. The molecule has 7 heteroatoms. The number of nitrogen functional groups attached to an aromatic ring is 1. The first-order valence-corrected chi connectivity index (χ1v) is 8.26. The van der Waals surface area contributed by atoms with Crippen LogP contribution in [0, 0.1) is 6.92 Å². The molecule has 0 aliphatic rings. The highest BCUT2D eigenvalue weighted by molar-refractivity contribution is 7.13. The Kier molecular flexibility index (Phi) is 5.49. The van der Waals surface area contributed by atoms with E-state index in [9.17, 15) is 4.79 Å². The third-order valence-corrected chi connectivity index (χ3v) is 4.64. The Morgan fingerprint density at radius 2 is 2.25 bits per heavy atom. The number of aromatic nitrogens is 2. The third kappa shape index (κ3) is 4.57. The molecule has 0 saturated carbocycles. The minimum Gasteiger partial charge on any atom is -0.375 e. The quantitative estimate of drug-likeness (QED) is 0.768. The van der Waals surface area contributed by atoms with Crippen molar-refractivity contribution in [2.75, 3.05) is 12.3 Å². The topological polar surface area (TPSA) is 80.9 Å². The fourth-order valence-electron chi connectivity index (χ4n) is 1.82. The number of nitrogens with one attached hydrogen (secondary N) is 1. The van der Waals surface area contributed by atoms with Gasteiger partial charge in [-0.3, -0.25) is 4.79 Å². The number of aryl methyl sites for hydroxylation is 3. The number of hydrogen-bond acceptors (Lipinski definition) is 6. The molecular formula is C13H18N4OS2. The second-order valence-corrected chi connectivity index (χ2v) is 6.32. The second-order valence-electron chi connectivity index (χ2n) is 4.49. The van der Waals surface area contributed by atoms with E-state index in [0.29, 0.717) is 18.1 Å². The number of thiazole rings is 2. The molecular weight excluding hydrogens is 292 g/mol. The lowest BCUT2D eigenvalue weighted by atomic mass is 10.2. The Morgan fingerprint density at radius 1 is 1.40 bits per heavy atom. The van der Waals surface area contributed by atoms with Gasteiger partial charge in [0.05, 0.1) is 16.9 Å². The van der Waals surface area contributed by atoms with Gasteiger partial charge in [0.15, 0.2) is 5.13 Å². The molecule has 20 heavy (non-hydrogen) atoms. The van der Waals surface area contributed by atoms with Crippen LogP contribution in [0.25, 0.3) is 0 Å². The van der Waals surface area contributed by atoms with E-state index in [0.717, 1.165) is 30.7 Å². The molecule has 0 bridgehead atoms. The minimum absolute atomic E-state index is 0.0931. The molecule has 108 valence electrons. The van der Waals surface area contributed by atoms with Crippen LogP contribution in [0.2, 0.25) is 0 Å². The summed E-state index contributed by atoms with van der Waals surface area (Å²) in [4.78, 5) is 21.3. The summed E-state index contributed by atoms with van der Waals surface area (Å²) in [6.07, 6.45) is 3.02. The van der Waals surface area contributed by atoms with E-state index in [1.54, 1.807) is 11.3 Å². The molecule has 3 N–H and O–H groups in total. The number of nitrogens with zero attached hydrogens (tertiary/aromatic N) is 2. The second kappa shape index (κ2) is 7.35. The molecule has 0 saturated heterocycles. The van der Waals surface area contributed by atoms with Crippen LogP contribution in [0.1, 0.15) is 29.1 Å².